The molecular formula is C19H20ClN5OS. The number of nitrogens with one attached hydrogen (secondary N) is 1. The van der Waals surface area contributed by atoms with Gasteiger partial charge in [-0.25, -0.2) is 0 Å². The number of carbonyl (C=O) groups excluding carboxylic acids is 1. The maximum Gasteiger partial charge on any atom is 0.234 e. The average Bonchev–Trinajstić information content (AvgIpc) is 3.15. The second-order valence-corrected chi connectivity index (χ2v) is 7.50. The number of aromatic nitrogens is 4. The van der Waals surface area contributed by atoms with Crippen LogP contribution in [-0.2, 0) is 4.79 Å². The monoisotopic (exact) mass is 401 g/mol. The molecule has 0 fully saturated rings. The number of amides is 1. The Bertz CT molecular complexity index is 895. The quantitative estimate of drug-likeness (QED) is 0.587. The van der Waals surface area contributed by atoms with Crippen LogP contribution < -0.4 is 5.32 Å². The first-order chi connectivity index (χ1) is 13.1. The second-order valence-electron chi connectivity index (χ2n) is 6.12. The normalized spacial score (nSPS) is 12.0. The van der Waals surface area contributed by atoms with Gasteiger partial charge in [-0.15, -0.1) is 5.10 Å². The number of rotatable bonds is 7. The van der Waals surface area contributed by atoms with Crippen molar-refractivity contribution in [2.45, 2.75) is 31.3 Å². The zero-order chi connectivity index (χ0) is 19.2. The number of hydrogen-bond acceptors (Lipinski definition) is 5. The summed E-state index contributed by atoms with van der Waals surface area (Å²) in [6.45, 7) is 4.35. The lowest BCUT2D eigenvalue weighted by molar-refractivity contribution is -0.113. The van der Waals surface area contributed by atoms with Crippen LogP contribution in [0.15, 0.2) is 53.7 Å². The predicted octanol–water partition coefficient (Wildman–Crippen LogP) is 4.56. The van der Waals surface area contributed by atoms with Crippen molar-refractivity contribution in [3.63, 3.8) is 0 Å². The second kappa shape index (κ2) is 9.01. The topological polar surface area (TPSA) is 72.7 Å². The zero-order valence-corrected chi connectivity index (χ0v) is 16.7. The minimum absolute atomic E-state index is 0.109. The molecule has 0 radical (unpaired) electrons. The number of halogens is 1. The first kappa shape index (κ1) is 19.4. The van der Waals surface area contributed by atoms with E-state index >= 15 is 0 Å². The number of tetrazole rings is 1. The number of hydrogen-bond donors (Lipinski definition) is 1. The van der Waals surface area contributed by atoms with E-state index in [-0.39, 0.29) is 11.7 Å². The smallest absolute Gasteiger partial charge is 0.234 e. The molecule has 1 heterocycles. The van der Waals surface area contributed by atoms with Crippen molar-refractivity contribution in [3.8, 4) is 5.69 Å². The fraction of sp³-hybridized carbons (Fsp3) is 0.263. The largest absolute Gasteiger partial charge is 0.325 e. The number of thioether (sulfide) groups is 1. The van der Waals surface area contributed by atoms with Crippen LogP contribution in [0.2, 0.25) is 5.02 Å². The molecule has 0 aliphatic rings. The molecule has 1 atom stereocenters. The third kappa shape index (κ3) is 5.08. The molecule has 140 valence electrons. The fourth-order valence-electron chi connectivity index (χ4n) is 2.47. The molecule has 1 N–H and O–H groups in total. The van der Waals surface area contributed by atoms with Crippen molar-refractivity contribution in [1.82, 2.24) is 20.2 Å². The van der Waals surface area contributed by atoms with Crippen LogP contribution >= 0.6 is 23.4 Å². The number of benzene rings is 2. The predicted molar refractivity (Wildman–Crippen MR) is 109 cm³/mol. The SMILES string of the molecule is CC[C@H](C)c1ccc(NC(=O)CSc2nnnn2-c2ccc(Cl)cc2)cc1. The lowest BCUT2D eigenvalue weighted by Gasteiger charge is -2.10. The molecule has 0 bridgehead atoms. The van der Waals surface area contributed by atoms with E-state index in [2.05, 4.69) is 46.8 Å². The van der Waals surface area contributed by atoms with Gasteiger partial charge in [-0.05, 0) is 64.7 Å². The summed E-state index contributed by atoms with van der Waals surface area (Å²) < 4.78 is 1.58. The standard InChI is InChI=1S/C19H20ClN5OS/c1-3-13(2)14-4-8-16(9-5-14)21-18(26)12-27-19-22-23-24-25(19)17-10-6-15(20)7-11-17/h4-11,13H,3,12H2,1-2H3,(H,21,26)/t13-/m0/s1. The summed E-state index contributed by atoms with van der Waals surface area (Å²) in [6, 6.07) is 15.1. The lowest BCUT2D eigenvalue weighted by atomic mass is 9.99. The van der Waals surface area contributed by atoms with E-state index in [9.17, 15) is 4.79 Å². The fourth-order valence-corrected chi connectivity index (χ4v) is 3.29. The van der Waals surface area contributed by atoms with E-state index in [0.29, 0.717) is 16.1 Å². The van der Waals surface area contributed by atoms with Crippen molar-refractivity contribution >= 4 is 35.0 Å². The first-order valence-electron chi connectivity index (χ1n) is 8.63. The van der Waals surface area contributed by atoms with Crippen LogP contribution in [0, 0.1) is 0 Å². The van der Waals surface area contributed by atoms with Crippen molar-refractivity contribution < 1.29 is 4.79 Å². The summed E-state index contributed by atoms with van der Waals surface area (Å²) in [5.74, 6) is 0.611. The van der Waals surface area contributed by atoms with Gasteiger partial charge < -0.3 is 5.32 Å². The molecule has 27 heavy (non-hydrogen) atoms. The highest BCUT2D eigenvalue weighted by atomic mass is 35.5. The highest BCUT2D eigenvalue weighted by Gasteiger charge is 2.12. The summed E-state index contributed by atoms with van der Waals surface area (Å²) in [6.07, 6.45) is 1.09. The maximum absolute atomic E-state index is 12.2. The van der Waals surface area contributed by atoms with Crippen molar-refractivity contribution in [1.29, 1.82) is 0 Å². The Morgan fingerprint density at radius 2 is 1.89 bits per heavy atom. The van der Waals surface area contributed by atoms with E-state index in [1.165, 1.54) is 17.3 Å². The molecule has 3 rings (SSSR count). The third-order valence-electron chi connectivity index (χ3n) is 4.22. The molecule has 0 unspecified atom stereocenters. The van der Waals surface area contributed by atoms with Crippen molar-refractivity contribution in [2.75, 3.05) is 11.1 Å². The van der Waals surface area contributed by atoms with E-state index in [1.807, 2.05) is 24.3 Å². The summed E-state index contributed by atoms with van der Waals surface area (Å²) in [4.78, 5) is 12.2. The van der Waals surface area contributed by atoms with Gasteiger partial charge in [-0.3, -0.25) is 4.79 Å². The van der Waals surface area contributed by atoms with Crippen LogP contribution in [0.5, 0.6) is 0 Å². The Labute approximate surface area is 167 Å². The number of carbonyl (C=O) groups is 1. The molecule has 0 aliphatic carbocycles. The summed E-state index contributed by atoms with van der Waals surface area (Å²) in [7, 11) is 0. The minimum Gasteiger partial charge on any atom is -0.325 e. The van der Waals surface area contributed by atoms with Gasteiger partial charge in [0.15, 0.2) is 0 Å². The number of nitrogens with zero attached hydrogens (tertiary/aromatic N) is 4. The van der Waals surface area contributed by atoms with Gasteiger partial charge in [-0.1, -0.05) is 49.3 Å². The Balaban J connectivity index is 1.58. The Kier molecular flexibility index (Phi) is 6.47. The lowest BCUT2D eigenvalue weighted by Crippen LogP contribution is -2.14. The molecule has 2 aromatic carbocycles. The summed E-state index contributed by atoms with van der Waals surface area (Å²) in [5, 5.41) is 15.7. The number of anilines is 1. The highest BCUT2D eigenvalue weighted by Crippen LogP contribution is 2.22. The van der Waals surface area contributed by atoms with Gasteiger partial charge >= 0.3 is 0 Å². The van der Waals surface area contributed by atoms with Crippen molar-refractivity contribution in [3.05, 3.63) is 59.1 Å². The van der Waals surface area contributed by atoms with E-state index < -0.39 is 0 Å². The molecule has 0 spiro atoms. The van der Waals surface area contributed by atoms with Crippen LogP contribution in [0.3, 0.4) is 0 Å². The molecule has 0 aliphatic heterocycles. The summed E-state index contributed by atoms with van der Waals surface area (Å²) >= 11 is 7.18. The van der Waals surface area contributed by atoms with Gasteiger partial charge in [-0.2, -0.15) is 4.68 Å². The minimum atomic E-state index is -0.109. The van der Waals surface area contributed by atoms with E-state index in [1.54, 1.807) is 16.8 Å². The van der Waals surface area contributed by atoms with Crippen LogP contribution in [0.1, 0.15) is 31.7 Å². The molecule has 0 saturated carbocycles. The Hall–Kier alpha value is -2.38. The van der Waals surface area contributed by atoms with Crippen LogP contribution in [-0.4, -0.2) is 31.9 Å². The zero-order valence-electron chi connectivity index (χ0n) is 15.1. The van der Waals surface area contributed by atoms with Gasteiger partial charge in [0.05, 0.1) is 11.4 Å². The molecule has 1 amide bonds. The first-order valence-corrected chi connectivity index (χ1v) is 10.00. The van der Waals surface area contributed by atoms with Crippen LogP contribution in [0.4, 0.5) is 5.69 Å². The Morgan fingerprint density at radius 3 is 2.56 bits per heavy atom. The molecule has 1 aromatic heterocycles. The Morgan fingerprint density at radius 1 is 1.19 bits per heavy atom. The molecule has 8 heteroatoms. The van der Waals surface area contributed by atoms with Crippen LogP contribution in [0.25, 0.3) is 5.69 Å². The molecule has 6 nitrogen and oxygen atoms in total. The van der Waals surface area contributed by atoms with Gasteiger partial charge in [0.1, 0.15) is 0 Å². The molecule has 3 aromatic rings. The van der Waals surface area contributed by atoms with Crippen molar-refractivity contribution in [2.24, 2.45) is 0 Å². The van der Waals surface area contributed by atoms with E-state index in [0.717, 1.165) is 17.8 Å². The molecular weight excluding hydrogens is 382 g/mol. The maximum atomic E-state index is 12.2. The van der Waals surface area contributed by atoms with E-state index in [4.69, 9.17) is 11.6 Å². The average molecular weight is 402 g/mol. The van der Waals surface area contributed by atoms with Gasteiger partial charge in [0.25, 0.3) is 0 Å². The molecule has 0 saturated heterocycles. The van der Waals surface area contributed by atoms with Gasteiger partial charge in [0.2, 0.25) is 11.1 Å². The third-order valence-corrected chi connectivity index (χ3v) is 5.39. The summed E-state index contributed by atoms with van der Waals surface area (Å²) in [5.41, 5.74) is 2.84. The van der Waals surface area contributed by atoms with Gasteiger partial charge in [0, 0.05) is 10.7 Å². The highest BCUT2D eigenvalue weighted by molar-refractivity contribution is 7.99.